The summed E-state index contributed by atoms with van der Waals surface area (Å²) in [6.07, 6.45) is 5.95. The summed E-state index contributed by atoms with van der Waals surface area (Å²) in [5, 5.41) is 0.460. The van der Waals surface area contributed by atoms with E-state index in [1.807, 2.05) is 36.2 Å². The molecule has 0 aliphatic carbocycles. The van der Waals surface area contributed by atoms with Crippen LogP contribution in [0.2, 0.25) is 0 Å². The van der Waals surface area contributed by atoms with Gasteiger partial charge >= 0.3 is 0 Å². The Morgan fingerprint density at radius 1 is 1.21 bits per heavy atom. The molecule has 1 aromatic carbocycles. The summed E-state index contributed by atoms with van der Waals surface area (Å²) in [4.78, 5) is 23.7. The molecule has 0 saturated heterocycles. The van der Waals surface area contributed by atoms with Crippen LogP contribution in [0.15, 0.2) is 41.0 Å². The van der Waals surface area contributed by atoms with Crippen LogP contribution in [0.1, 0.15) is 0 Å². The number of benzene rings is 1. The Morgan fingerprint density at radius 2 is 1.92 bits per heavy atom. The number of rotatable bonds is 4. The number of ether oxygens (including phenoxy) is 2. The zero-order chi connectivity index (χ0) is 17.3. The number of anilines is 1. The van der Waals surface area contributed by atoms with E-state index in [2.05, 4.69) is 16.0 Å². The molecule has 7 nitrogen and oxygen atoms in total. The van der Waals surface area contributed by atoms with Crippen molar-refractivity contribution in [1.82, 2.24) is 14.9 Å². The van der Waals surface area contributed by atoms with Crippen LogP contribution in [0.4, 0.5) is 5.95 Å². The summed E-state index contributed by atoms with van der Waals surface area (Å²) in [7, 11) is 7.06. The number of methoxy groups -OCH3 is 2. The normalized spacial score (nSPS) is 13.8. The van der Waals surface area contributed by atoms with Crippen molar-refractivity contribution in [2.75, 3.05) is 39.8 Å². The van der Waals surface area contributed by atoms with Crippen LogP contribution in [-0.4, -0.2) is 49.7 Å². The highest BCUT2D eigenvalue weighted by Crippen LogP contribution is 2.30. The number of nitrogens with one attached hydrogen (secondary N) is 1. The van der Waals surface area contributed by atoms with Gasteiger partial charge in [0.15, 0.2) is 11.5 Å². The van der Waals surface area contributed by atoms with E-state index in [0.717, 1.165) is 5.70 Å². The summed E-state index contributed by atoms with van der Waals surface area (Å²) >= 11 is 0. The maximum Gasteiger partial charge on any atom is 0.260 e. The topological polar surface area (TPSA) is 70.7 Å². The second-order valence-electron chi connectivity index (χ2n) is 5.61. The summed E-state index contributed by atoms with van der Waals surface area (Å²) in [5.41, 5.74) is 1.45. The van der Waals surface area contributed by atoms with E-state index in [1.54, 1.807) is 19.2 Å². The van der Waals surface area contributed by atoms with E-state index in [1.165, 1.54) is 7.11 Å². The Bertz CT molecular complexity index is 883. The third kappa shape index (κ3) is 2.80. The quantitative estimate of drug-likeness (QED) is 0.921. The number of nitrogens with zero attached hydrogens (tertiary/aromatic N) is 3. The number of hydrogen-bond acceptors (Lipinski definition) is 6. The van der Waals surface area contributed by atoms with Crippen LogP contribution in [0.3, 0.4) is 0 Å². The molecule has 0 bridgehead atoms. The third-order valence-corrected chi connectivity index (χ3v) is 3.91. The van der Waals surface area contributed by atoms with Crippen molar-refractivity contribution in [2.24, 2.45) is 0 Å². The van der Waals surface area contributed by atoms with Crippen molar-refractivity contribution < 1.29 is 9.47 Å². The number of fused-ring (bicyclic) bond motifs is 1. The predicted octanol–water partition coefficient (Wildman–Crippen LogP) is 1.72. The molecule has 2 heterocycles. The summed E-state index contributed by atoms with van der Waals surface area (Å²) in [6, 6.07) is 3.35. The van der Waals surface area contributed by atoms with Gasteiger partial charge in [-0.3, -0.25) is 9.78 Å². The fraction of sp³-hybridized carbons (Fsp3) is 0.294. The molecule has 0 fully saturated rings. The first-order valence-corrected chi connectivity index (χ1v) is 7.52. The molecule has 0 spiro atoms. The number of aromatic amines is 1. The number of hydrogen-bond donors (Lipinski definition) is 1. The lowest BCUT2D eigenvalue weighted by Crippen LogP contribution is -2.26. The molecule has 7 heteroatoms. The predicted molar refractivity (Wildman–Crippen MR) is 93.7 cm³/mol. The molecular formula is C17H20N4O3. The molecule has 1 aromatic heterocycles. The lowest BCUT2D eigenvalue weighted by molar-refractivity contribution is 0.355. The smallest absolute Gasteiger partial charge is 0.260 e. The zero-order valence-corrected chi connectivity index (χ0v) is 14.2. The van der Waals surface area contributed by atoms with Crippen molar-refractivity contribution >= 4 is 16.9 Å². The molecule has 2 aromatic rings. The first kappa shape index (κ1) is 15.9. The lowest BCUT2D eigenvalue weighted by atomic mass is 10.2. The second kappa shape index (κ2) is 6.27. The van der Waals surface area contributed by atoms with Gasteiger partial charge in [-0.25, -0.2) is 4.98 Å². The lowest BCUT2D eigenvalue weighted by Gasteiger charge is -2.24. The van der Waals surface area contributed by atoms with Crippen LogP contribution in [0, 0.1) is 0 Å². The van der Waals surface area contributed by atoms with Crippen LogP contribution >= 0.6 is 0 Å². The minimum atomic E-state index is -0.216. The van der Waals surface area contributed by atoms with Crippen molar-refractivity contribution in [3.63, 3.8) is 0 Å². The fourth-order valence-corrected chi connectivity index (χ4v) is 2.57. The number of allylic oxidation sites excluding steroid dienone is 1. The van der Waals surface area contributed by atoms with Gasteiger partial charge < -0.3 is 19.3 Å². The van der Waals surface area contributed by atoms with Crippen LogP contribution in [0.5, 0.6) is 11.5 Å². The molecule has 126 valence electrons. The fourth-order valence-electron chi connectivity index (χ4n) is 2.57. The van der Waals surface area contributed by atoms with Crippen molar-refractivity contribution in [3.05, 3.63) is 46.5 Å². The summed E-state index contributed by atoms with van der Waals surface area (Å²) in [6.45, 7) is 0.631. The van der Waals surface area contributed by atoms with E-state index < -0.39 is 0 Å². The Labute approximate surface area is 139 Å². The first-order valence-electron chi connectivity index (χ1n) is 7.52. The standard InChI is InChI=1S/C17H20N4O3/c1-20(2)11-5-7-21(8-6-11)17-18-13-10-15(24-4)14(23-3)9-12(13)16(22)19-17/h5-7,9-10H,8H2,1-4H3,(H,18,19,22). The molecule has 0 radical (unpaired) electrons. The van der Waals surface area contributed by atoms with E-state index in [-0.39, 0.29) is 5.56 Å². The van der Waals surface area contributed by atoms with Crippen molar-refractivity contribution in [2.45, 2.75) is 0 Å². The minimum Gasteiger partial charge on any atom is -0.493 e. The van der Waals surface area contributed by atoms with E-state index in [0.29, 0.717) is 34.9 Å². The Kier molecular flexibility index (Phi) is 4.16. The van der Waals surface area contributed by atoms with Gasteiger partial charge in [-0.2, -0.15) is 0 Å². The van der Waals surface area contributed by atoms with Gasteiger partial charge in [-0.1, -0.05) is 0 Å². The second-order valence-corrected chi connectivity index (χ2v) is 5.61. The maximum atomic E-state index is 12.4. The minimum absolute atomic E-state index is 0.216. The van der Waals surface area contributed by atoms with E-state index >= 15 is 0 Å². The van der Waals surface area contributed by atoms with E-state index in [4.69, 9.17) is 9.47 Å². The molecule has 24 heavy (non-hydrogen) atoms. The molecule has 3 rings (SSSR count). The number of H-pyrrole nitrogens is 1. The van der Waals surface area contributed by atoms with Gasteiger partial charge in [0.1, 0.15) is 0 Å². The average Bonchev–Trinajstić information content (AvgIpc) is 2.60. The molecule has 1 aliphatic rings. The number of aromatic nitrogens is 2. The SMILES string of the molecule is COc1cc2nc(N3C=CC(N(C)C)=CC3)[nH]c(=O)c2cc1OC. The summed E-state index contributed by atoms with van der Waals surface area (Å²) in [5.74, 6) is 1.53. The average molecular weight is 328 g/mol. The van der Waals surface area contributed by atoms with Crippen molar-refractivity contribution in [3.8, 4) is 11.5 Å². The Balaban J connectivity index is 2.03. The van der Waals surface area contributed by atoms with E-state index in [9.17, 15) is 4.79 Å². The maximum absolute atomic E-state index is 12.4. The monoisotopic (exact) mass is 328 g/mol. The highest BCUT2D eigenvalue weighted by Gasteiger charge is 2.14. The Hall–Kier alpha value is -2.96. The largest absolute Gasteiger partial charge is 0.493 e. The van der Waals surface area contributed by atoms with Crippen LogP contribution in [-0.2, 0) is 0 Å². The van der Waals surface area contributed by atoms with Gasteiger partial charge in [0, 0.05) is 38.6 Å². The van der Waals surface area contributed by atoms with Gasteiger partial charge in [0.25, 0.3) is 5.56 Å². The molecule has 0 unspecified atom stereocenters. The molecule has 0 saturated carbocycles. The molecule has 1 N–H and O–H groups in total. The highest BCUT2D eigenvalue weighted by molar-refractivity contribution is 5.82. The van der Waals surface area contributed by atoms with Gasteiger partial charge in [0.2, 0.25) is 5.95 Å². The molecule has 0 atom stereocenters. The zero-order valence-electron chi connectivity index (χ0n) is 14.2. The first-order chi connectivity index (χ1) is 11.5. The highest BCUT2D eigenvalue weighted by atomic mass is 16.5. The van der Waals surface area contributed by atoms with Gasteiger partial charge in [0.05, 0.1) is 25.1 Å². The van der Waals surface area contributed by atoms with Gasteiger partial charge in [-0.05, 0) is 18.2 Å². The number of likely N-dealkylation sites (N-methyl/N-ethyl adjacent to an activating group) is 1. The molecule has 1 aliphatic heterocycles. The van der Waals surface area contributed by atoms with Crippen LogP contribution < -0.4 is 19.9 Å². The third-order valence-electron chi connectivity index (χ3n) is 3.91. The molecule has 0 amide bonds. The van der Waals surface area contributed by atoms with Gasteiger partial charge in [-0.15, -0.1) is 0 Å². The van der Waals surface area contributed by atoms with Crippen molar-refractivity contribution in [1.29, 1.82) is 0 Å². The molecular weight excluding hydrogens is 308 g/mol. The Morgan fingerprint density at radius 3 is 2.50 bits per heavy atom. The van der Waals surface area contributed by atoms with Crippen LogP contribution in [0.25, 0.3) is 10.9 Å². The summed E-state index contributed by atoms with van der Waals surface area (Å²) < 4.78 is 10.5.